The summed E-state index contributed by atoms with van der Waals surface area (Å²) >= 11 is 0. The van der Waals surface area contributed by atoms with Crippen LogP contribution >= 0.6 is 0 Å². The fourth-order valence-corrected chi connectivity index (χ4v) is 5.80. The van der Waals surface area contributed by atoms with Gasteiger partial charge in [-0.05, 0) is 44.0 Å². The van der Waals surface area contributed by atoms with Crippen LogP contribution in [0.4, 0.5) is 10.5 Å². The van der Waals surface area contributed by atoms with Crippen LogP contribution in [0.1, 0.15) is 37.9 Å². The third kappa shape index (κ3) is 6.57. The molecule has 0 aliphatic carbocycles. The van der Waals surface area contributed by atoms with Gasteiger partial charge in [-0.25, -0.2) is 9.59 Å². The Labute approximate surface area is 242 Å². The summed E-state index contributed by atoms with van der Waals surface area (Å²) in [5, 5.41) is 25.0. The van der Waals surface area contributed by atoms with Gasteiger partial charge < -0.3 is 25.2 Å². The Morgan fingerprint density at radius 1 is 1.14 bits per heavy atom. The molecular weight excluding hydrogens is 572 g/mol. The zero-order valence-corrected chi connectivity index (χ0v) is 23.6. The number of carbonyl (C=O) groups excluding carboxylic acids is 4. The summed E-state index contributed by atoms with van der Waals surface area (Å²) in [6.07, 6.45) is -0.875. The van der Waals surface area contributed by atoms with Crippen LogP contribution in [-0.2, 0) is 41.3 Å². The number of rotatable bonds is 8. The monoisotopic (exact) mass is 600 g/mol. The molecule has 2 unspecified atom stereocenters. The molecule has 0 aromatic heterocycles. The SMILES string of the molecule is CC(C)(C)OC(=O)NC(C(=O)N[C@@H]1C(=O)N2C(C(=O)OCc3ccc([N+](=O)[O-])cc3)=C(O)CS(=O)[C@H]12)c1ccccc1. The number of benzene rings is 2. The second-order valence-corrected chi connectivity index (χ2v) is 11.9. The Kier molecular flexibility index (Phi) is 8.61. The molecule has 0 bridgehead atoms. The predicted octanol–water partition coefficient (Wildman–Crippen LogP) is 2.09. The van der Waals surface area contributed by atoms with Crippen molar-refractivity contribution in [2.45, 2.75) is 50.4 Å². The highest BCUT2D eigenvalue weighted by Crippen LogP contribution is 2.35. The number of alkyl carbamates (subject to hydrolysis) is 1. The summed E-state index contributed by atoms with van der Waals surface area (Å²) in [6, 6.07) is 10.8. The number of hydrogen-bond acceptors (Lipinski definition) is 10. The molecule has 1 fully saturated rings. The number of esters is 1. The number of aliphatic hydroxyl groups excluding tert-OH is 1. The van der Waals surface area contributed by atoms with Crippen LogP contribution in [0.15, 0.2) is 66.1 Å². The van der Waals surface area contributed by atoms with E-state index in [9.17, 15) is 38.6 Å². The van der Waals surface area contributed by atoms with Crippen molar-refractivity contribution in [2.75, 3.05) is 5.75 Å². The highest BCUT2D eigenvalue weighted by atomic mass is 32.2. The van der Waals surface area contributed by atoms with Crippen molar-refractivity contribution < 1.29 is 42.9 Å². The lowest BCUT2D eigenvalue weighted by Gasteiger charge is -2.48. The first-order valence-corrected chi connectivity index (χ1v) is 14.0. The van der Waals surface area contributed by atoms with Gasteiger partial charge in [0.05, 0.1) is 21.5 Å². The number of nitrogens with one attached hydrogen (secondary N) is 2. The van der Waals surface area contributed by atoms with Crippen LogP contribution in [0.2, 0.25) is 0 Å². The standard InChI is InChI=1S/C27H28N4O10S/c1-27(2,3)41-26(36)29-19(16-7-5-4-6-8-16)22(33)28-20-23(34)30-21(18(32)14-42(39)24(20)30)25(35)40-13-15-9-11-17(12-10-15)31(37)38/h4-12,19-20,24,32H,13-14H2,1-3H3,(H,28,33)(H,29,36)/t19?,20-,24-,42?/m1/s1. The van der Waals surface area contributed by atoms with Gasteiger partial charge in [-0.2, -0.15) is 0 Å². The van der Waals surface area contributed by atoms with Crippen LogP contribution in [0, 0.1) is 10.1 Å². The molecule has 15 heteroatoms. The fourth-order valence-electron chi connectivity index (χ4n) is 4.29. The number of non-ortho nitro benzene ring substituents is 1. The summed E-state index contributed by atoms with van der Waals surface area (Å²) in [6.45, 7) is 4.64. The molecule has 4 rings (SSSR count). The Bertz CT molecular complexity index is 1470. The maximum Gasteiger partial charge on any atom is 0.408 e. The van der Waals surface area contributed by atoms with E-state index in [1.807, 2.05) is 0 Å². The van der Waals surface area contributed by atoms with Crippen molar-refractivity contribution in [3.05, 3.63) is 87.3 Å². The van der Waals surface area contributed by atoms with E-state index >= 15 is 0 Å². The third-order valence-corrected chi connectivity index (χ3v) is 7.75. The lowest BCUT2D eigenvalue weighted by molar-refractivity contribution is -0.384. The van der Waals surface area contributed by atoms with E-state index in [-0.39, 0.29) is 12.3 Å². The lowest BCUT2D eigenvalue weighted by atomic mass is 10.0. The van der Waals surface area contributed by atoms with Gasteiger partial charge in [-0.3, -0.25) is 28.8 Å². The van der Waals surface area contributed by atoms with E-state index in [0.717, 1.165) is 4.90 Å². The Morgan fingerprint density at radius 3 is 2.38 bits per heavy atom. The first kappa shape index (κ1) is 30.2. The van der Waals surface area contributed by atoms with Crippen molar-refractivity contribution in [3.8, 4) is 0 Å². The normalized spacial score (nSPS) is 20.5. The minimum atomic E-state index is -1.89. The Balaban J connectivity index is 1.47. The van der Waals surface area contributed by atoms with E-state index in [1.165, 1.54) is 24.3 Å². The topological polar surface area (TPSA) is 194 Å². The van der Waals surface area contributed by atoms with Crippen molar-refractivity contribution in [2.24, 2.45) is 0 Å². The van der Waals surface area contributed by atoms with Gasteiger partial charge in [0.25, 0.3) is 11.6 Å². The molecule has 1 saturated heterocycles. The number of ether oxygens (including phenoxy) is 2. The Hall–Kier alpha value is -4.79. The molecule has 3 N–H and O–H groups in total. The molecule has 42 heavy (non-hydrogen) atoms. The number of nitro benzene ring substituents is 1. The number of amides is 3. The van der Waals surface area contributed by atoms with Gasteiger partial charge in [-0.1, -0.05) is 30.3 Å². The Morgan fingerprint density at radius 2 is 1.79 bits per heavy atom. The second-order valence-electron chi connectivity index (χ2n) is 10.4. The number of β-lactam (4-membered cyclic amide) rings is 1. The number of aliphatic hydroxyl groups is 1. The number of nitrogens with zero attached hydrogens (tertiary/aromatic N) is 2. The summed E-state index contributed by atoms with van der Waals surface area (Å²) in [5.41, 5.74) is -0.707. The molecule has 2 heterocycles. The van der Waals surface area contributed by atoms with Crippen LogP contribution in [-0.4, -0.2) is 65.8 Å². The quantitative estimate of drug-likeness (QED) is 0.175. The molecule has 0 saturated carbocycles. The van der Waals surface area contributed by atoms with E-state index in [0.29, 0.717) is 11.1 Å². The van der Waals surface area contributed by atoms with Crippen molar-refractivity contribution in [1.29, 1.82) is 0 Å². The van der Waals surface area contributed by atoms with Crippen LogP contribution < -0.4 is 10.6 Å². The van der Waals surface area contributed by atoms with E-state index < -0.39 is 79.9 Å². The van der Waals surface area contributed by atoms with Crippen LogP contribution in [0.5, 0.6) is 0 Å². The van der Waals surface area contributed by atoms with Gasteiger partial charge in [0.1, 0.15) is 35.4 Å². The van der Waals surface area contributed by atoms with Crippen LogP contribution in [0.25, 0.3) is 0 Å². The fraction of sp³-hybridized carbons (Fsp3) is 0.333. The smallest absolute Gasteiger partial charge is 0.408 e. The molecular formula is C27H28N4O10S. The minimum absolute atomic E-state index is 0.155. The van der Waals surface area contributed by atoms with Crippen molar-refractivity contribution >= 4 is 40.4 Å². The molecule has 222 valence electrons. The second kappa shape index (κ2) is 12.0. The van der Waals surface area contributed by atoms with Crippen LogP contribution in [0.3, 0.4) is 0 Å². The molecule has 0 radical (unpaired) electrons. The summed E-state index contributed by atoms with van der Waals surface area (Å²) < 4.78 is 23.4. The molecule has 2 aromatic carbocycles. The average Bonchev–Trinajstić information content (AvgIpc) is 2.92. The summed E-state index contributed by atoms with van der Waals surface area (Å²) in [5.74, 6) is -3.78. The molecule has 2 aliphatic rings. The van der Waals surface area contributed by atoms with Gasteiger partial charge in [0.2, 0.25) is 5.91 Å². The number of nitro groups is 1. The highest BCUT2D eigenvalue weighted by molar-refractivity contribution is 7.86. The van der Waals surface area contributed by atoms with Gasteiger partial charge in [-0.15, -0.1) is 0 Å². The zero-order valence-electron chi connectivity index (χ0n) is 22.8. The molecule has 14 nitrogen and oxygen atoms in total. The molecule has 2 aliphatic heterocycles. The zero-order chi connectivity index (χ0) is 30.8. The maximum atomic E-state index is 13.3. The van der Waals surface area contributed by atoms with E-state index in [4.69, 9.17) is 9.47 Å². The first-order chi connectivity index (χ1) is 19.8. The average molecular weight is 601 g/mol. The summed E-state index contributed by atoms with van der Waals surface area (Å²) in [7, 11) is -1.89. The summed E-state index contributed by atoms with van der Waals surface area (Å²) in [4.78, 5) is 62.9. The molecule has 3 amide bonds. The van der Waals surface area contributed by atoms with Gasteiger partial charge in [0, 0.05) is 12.1 Å². The first-order valence-electron chi connectivity index (χ1n) is 12.6. The minimum Gasteiger partial charge on any atom is -0.509 e. The largest absolute Gasteiger partial charge is 0.509 e. The molecule has 2 aromatic rings. The van der Waals surface area contributed by atoms with Gasteiger partial charge in [0.15, 0.2) is 5.70 Å². The van der Waals surface area contributed by atoms with Crippen molar-refractivity contribution in [1.82, 2.24) is 15.5 Å². The van der Waals surface area contributed by atoms with E-state index in [2.05, 4.69) is 10.6 Å². The maximum absolute atomic E-state index is 13.3. The lowest BCUT2D eigenvalue weighted by Crippen LogP contribution is -2.74. The predicted molar refractivity (Wildman–Crippen MR) is 147 cm³/mol. The number of fused-ring (bicyclic) bond motifs is 1. The molecule has 4 atom stereocenters. The third-order valence-electron chi connectivity index (χ3n) is 6.17. The number of carbonyl (C=O) groups is 4. The van der Waals surface area contributed by atoms with Gasteiger partial charge >= 0.3 is 12.1 Å². The molecule has 0 spiro atoms. The van der Waals surface area contributed by atoms with E-state index in [1.54, 1.807) is 51.1 Å². The number of hydrogen-bond donors (Lipinski definition) is 3. The highest BCUT2D eigenvalue weighted by Gasteiger charge is 2.58. The van der Waals surface area contributed by atoms with Crippen molar-refractivity contribution in [3.63, 3.8) is 0 Å².